The summed E-state index contributed by atoms with van der Waals surface area (Å²) in [5, 5.41) is 12.8. The lowest BCUT2D eigenvalue weighted by atomic mass is 10.0. The van der Waals surface area contributed by atoms with E-state index in [1.807, 2.05) is 6.07 Å². The third-order valence-corrected chi connectivity index (χ3v) is 4.55. The molecule has 2 amide bonds. The fourth-order valence-corrected chi connectivity index (χ4v) is 3.23. The molecular formula is C16H21Cl2N3O3. The van der Waals surface area contributed by atoms with Crippen molar-refractivity contribution in [3.8, 4) is 0 Å². The highest BCUT2D eigenvalue weighted by molar-refractivity contribution is 6.36. The first-order valence-electron chi connectivity index (χ1n) is 7.80. The summed E-state index contributed by atoms with van der Waals surface area (Å²) in [4.78, 5) is 26.2. The molecule has 8 heteroatoms. The van der Waals surface area contributed by atoms with E-state index in [1.54, 1.807) is 19.2 Å². The molecule has 1 fully saturated rings. The fraction of sp³-hybridized carbons (Fsp3) is 0.500. The van der Waals surface area contributed by atoms with Gasteiger partial charge in [0.2, 0.25) is 0 Å². The topological polar surface area (TPSA) is 72.9 Å². The molecule has 1 aromatic carbocycles. The van der Waals surface area contributed by atoms with Gasteiger partial charge >= 0.3 is 12.0 Å². The number of piperidine rings is 1. The van der Waals surface area contributed by atoms with Gasteiger partial charge in [-0.25, -0.2) is 4.79 Å². The molecule has 2 N–H and O–H groups in total. The minimum Gasteiger partial charge on any atom is -0.481 e. The van der Waals surface area contributed by atoms with Crippen molar-refractivity contribution < 1.29 is 14.7 Å². The molecule has 0 aliphatic carbocycles. The minimum absolute atomic E-state index is 0.00901. The zero-order valence-corrected chi connectivity index (χ0v) is 15.0. The van der Waals surface area contributed by atoms with E-state index in [1.165, 1.54) is 4.90 Å². The smallest absolute Gasteiger partial charge is 0.317 e. The maximum atomic E-state index is 12.1. The van der Waals surface area contributed by atoms with Gasteiger partial charge in [0.05, 0.1) is 17.1 Å². The number of hydrogen-bond acceptors (Lipinski definition) is 3. The predicted molar refractivity (Wildman–Crippen MR) is 95.1 cm³/mol. The van der Waals surface area contributed by atoms with Crippen molar-refractivity contribution in [2.24, 2.45) is 0 Å². The second-order valence-corrected chi connectivity index (χ2v) is 6.74. The number of rotatable bonds is 5. The third kappa shape index (κ3) is 5.18. The predicted octanol–water partition coefficient (Wildman–Crippen LogP) is 3.08. The molecule has 1 saturated heterocycles. The number of amides is 2. The Hall–Kier alpha value is -1.66. The van der Waals surface area contributed by atoms with Crippen molar-refractivity contribution in [1.82, 2.24) is 10.2 Å². The zero-order valence-electron chi connectivity index (χ0n) is 13.5. The van der Waals surface area contributed by atoms with Crippen molar-refractivity contribution in [3.05, 3.63) is 28.2 Å². The van der Waals surface area contributed by atoms with Gasteiger partial charge in [-0.15, -0.1) is 0 Å². The molecule has 1 atom stereocenters. The molecule has 132 valence electrons. The first-order valence-corrected chi connectivity index (χ1v) is 8.56. The highest BCUT2D eigenvalue weighted by atomic mass is 35.5. The van der Waals surface area contributed by atoms with Crippen LogP contribution in [0.15, 0.2) is 18.2 Å². The Kier molecular flexibility index (Phi) is 6.57. The van der Waals surface area contributed by atoms with Crippen LogP contribution in [0.25, 0.3) is 0 Å². The van der Waals surface area contributed by atoms with Gasteiger partial charge in [0.1, 0.15) is 0 Å². The standard InChI is InChI=1S/C16H21Cl2N3O3/c1-20(8-6-15(22)23)16(24)19-12-3-2-7-21(10-12)14-5-4-11(17)9-13(14)18/h4-5,9,12H,2-3,6-8,10H2,1H3,(H,19,24)(H,22,23). The average molecular weight is 374 g/mol. The van der Waals surface area contributed by atoms with Gasteiger partial charge < -0.3 is 20.2 Å². The number of urea groups is 1. The van der Waals surface area contributed by atoms with E-state index >= 15 is 0 Å². The highest BCUT2D eigenvalue weighted by Crippen LogP contribution is 2.30. The summed E-state index contributed by atoms with van der Waals surface area (Å²) in [6.45, 7) is 1.70. The SMILES string of the molecule is CN(CCC(=O)O)C(=O)NC1CCCN(c2ccc(Cl)cc2Cl)C1. The van der Waals surface area contributed by atoms with Gasteiger partial charge in [-0.1, -0.05) is 23.2 Å². The second-order valence-electron chi connectivity index (χ2n) is 5.90. The van der Waals surface area contributed by atoms with Crippen LogP contribution in [0.1, 0.15) is 19.3 Å². The number of carbonyl (C=O) groups excluding carboxylic acids is 1. The van der Waals surface area contributed by atoms with Crippen molar-refractivity contribution in [2.75, 3.05) is 31.6 Å². The van der Waals surface area contributed by atoms with Crippen molar-refractivity contribution >= 4 is 40.9 Å². The van der Waals surface area contributed by atoms with Crippen molar-refractivity contribution in [2.45, 2.75) is 25.3 Å². The van der Waals surface area contributed by atoms with E-state index in [-0.39, 0.29) is 25.0 Å². The van der Waals surface area contributed by atoms with E-state index in [4.69, 9.17) is 28.3 Å². The van der Waals surface area contributed by atoms with Crippen LogP contribution in [0, 0.1) is 0 Å². The Bertz CT molecular complexity index is 612. The summed E-state index contributed by atoms with van der Waals surface area (Å²) in [7, 11) is 1.59. The number of halogens is 2. The summed E-state index contributed by atoms with van der Waals surface area (Å²) in [6, 6.07) is 5.12. The number of carbonyl (C=O) groups is 2. The molecule has 24 heavy (non-hydrogen) atoms. The number of nitrogens with zero attached hydrogens (tertiary/aromatic N) is 2. The zero-order chi connectivity index (χ0) is 17.7. The second kappa shape index (κ2) is 8.44. The Labute approximate surface area is 151 Å². The van der Waals surface area contributed by atoms with E-state index in [9.17, 15) is 9.59 Å². The van der Waals surface area contributed by atoms with Crippen LogP contribution >= 0.6 is 23.2 Å². The van der Waals surface area contributed by atoms with Crippen molar-refractivity contribution in [1.29, 1.82) is 0 Å². The number of carboxylic acids is 1. The summed E-state index contributed by atoms with van der Waals surface area (Å²) in [6.07, 6.45) is 1.74. The van der Waals surface area contributed by atoms with Crippen LogP contribution in [0.5, 0.6) is 0 Å². The summed E-state index contributed by atoms with van der Waals surface area (Å²) < 4.78 is 0. The largest absolute Gasteiger partial charge is 0.481 e. The van der Waals surface area contributed by atoms with E-state index in [0.717, 1.165) is 25.1 Å². The van der Waals surface area contributed by atoms with E-state index in [2.05, 4.69) is 10.2 Å². The third-order valence-electron chi connectivity index (χ3n) is 4.01. The lowest BCUT2D eigenvalue weighted by Gasteiger charge is -2.36. The number of anilines is 1. The molecular weight excluding hydrogens is 353 g/mol. The average Bonchev–Trinajstić information content (AvgIpc) is 2.52. The number of benzene rings is 1. The number of nitrogens with one attached hydrogen (secondary N) is 1. The Morgan fingerprint density at radius 2 is 2.17 bits per heavy atom. The van der Waals surface area contributed by atoms with Crippen LogP contribution in [0.4, 0.5) is 10.5 Å². The maximum Gasteiger partial charge on any atom is 0.317 e. The van der Waals surface area contributed by atoms with Gasteiger partial charge in [-0.05, 0) is 31.0 Å². The van der Waals surface area contributed by atoms with Crippen LogP contribution in [0.2, 0.25) is 10.0 Å². The summed E-state index contributed by atoms with van der Waals surface area (Å²) >= 11 is 12.2. The molecule has 6 nitrogen and oxygen atoms in total. The molecule has 1 heterocycles. The monoisotopic (exact) mass is 373 g/mol. The van der Waals surface area contributed by atoms with Gasteiger partial charge in [0.15, 0.2) is 0 Å². The fourth-order valence-electron chi connectivity index (χ4n) is 2.70. The first kappa shape index (κ1) is 18.7. The summed E-state index contributed by atoms with van der Waals surface area (Å²) in [5.41, 5.74) is 0.902. The quantitative estimate of drug-likeness (QED) is 0.831. The Balaban J connectivity index is 1.93. The van der Waals surface area contributed by atoms with Crippen LogP contribution in [-0.2, 0) is 4.79 Å². The first-order chi connectivity index (χ1) is 11.4. The molecule has 1 aliphatic rings. The number of aliphatic carboxylic acids is 1. The van der Waals surface area contributed by atoms with Gasteiger partial charge in [-0.3, -0.25) is 4.79 Å². The minimum atomic E-state index is -0.920. The molecule has 0 spiro atoms. The Morgan fingerprint density at radius 1 is 1.42 bits per heavy atom. The molecule has 2 rings (SSSR count). The van der Waals surface area contributed by atoms with Crippen LogP contribution in [0.3, 0.4) is 0 Å². The van der Waals surface area contributed by atoms with Crippen molar-refractivity contribution in [3.63, 3.8) is 0 Å². The van der Waals surface area contributed by atoms with Gasteiger partial charge in [-0.2, -0.15) is 0 Å². The van der Waals surface area contributed by atoms with E-state index in [0.29, 0.717) is 16.6 Å². The molecule has 0 radical (unpaired) electrons. The molecule has 0 saturated carbocycles. The lowest BCUT2D eigenvalue weighted by molar-refractivity contribution is -0.137. The molecule has 1 aromatic rings. The lowest BCUT2D eigenvalue weighted by Crippen LogP contribution is -2.51. The normalized spacial score (nSPS) is 17.5. The van der Waals surface area contributed by atoms with Crippen LogP contribution in [-0.4, -0.2) is 54.7 Å². The number of hydrogen-bond donors (Lipinski definition) is 2. The maximum absolute atomic E-state index is 12.1. The molecule has 1 aliphatic heterocycles. The van der Waals surface area contributed by atoms with Gasteiger partial charge in [0, 0.05) is 37.7 Å². The molecule has 1 unspecified atom stereocenters. The number of carboxylic acid groups (broad SMARTS) is 1. The highest BCUT2D eigenvalue weighted by Gasteiger charge is 2.24. The Morgan fingerprint density at radius 3 is 2.83 bits per heavy atom. The van der Waals surface area contributed by atoms with E-state index < -0.39 is 5.97 Å². The molecule has 0 aromatic heterocycles. The van der Waals surface area contributed by atoms with Gasteiger partial charge in [0.25, 0.3) is 0 Å². The van der Waals surface area contributed by atoms with Crippen LogP contribution < -0.4 is 10.2 Å². The molecule has 0 bridgehead atoms. The summed E-state index contributed by atoms with van der Waals surface area (Å²) in [5.74, 6) is -0.920.